The number of hydrogen-bond acceptors (Lipinski definition) is 5. The normalized spacial score (nSPS) is 24.9. The van der Waals surface area contributed by atoms with E-state index in [0.717, 1.165) is 39.0 Å². The lowest BCUT2D eigenvalue weighted by Gasteiger charge is -2.19. The summed E-state index contributed by atoms with van der Waals surface area (Å²) in [6.07, 6.45) is 4.08. The molecule has 2 unspecified atom stereocenters. The third-order valence-corrected chi connectivity index (χ3v) is 5.00. The number of nitrogens with one attached hydrogen (secondary N) is 1. The largest absolute Gasteiger partial charge is 0.379 e. The minimum absolute atomic E-state index is 0.109. The topological polar surface area (TPSA) is 58.6 Å². The van der Waals surface area contributed by atoms with E-state index in [4.69, 9.17) is 4.74 Å². The van der Waals surface area contributed by atoms with Gasteiger partial charge in [-0.3, -0.25) is 0 Å². The van der Waals surface area contributed by atoms with Gasteiger partial charge in [0.05, 0.1) is 18.5 Å². The van der Waals surface area contributed by atoms with Crippen molar-refractivity contribution in [1.82, 2.24) is 10.2 Å². The van der Waals surface area contributed by atoms with Crippen molar-refractivity contribution >= 4 is 9.84 Å². The molecular weight excluding hydrogens is 252 g/mol. The minimum atomic E-state index is -2.92. The van der Waals surface area contributed by atoms with Crippen molar-refractivity contribution in [2.75, 3.05) is 46.7 Å². The first-order chi connectivity index (χ1) is 8.41. The fourth-order valence-corrected chi connectivity index (χ4v) is 3.76. The van der Waals surface area contributed by atoms with Crippen LogP contribution in [-0.4, -0.2) is 71.3 Å². The predicted octanol–water partition coefficient (Wildman–Crippen LogP) is 0.120. The van der Waals surface area contributed by atoms with Gasteiger partial charge in [-0.25, -0.2) is 8.42 Å². The molecule has 0 amide bonds. The van der Waals surface area contributed by atoms with Crippen molar-refractivity contribution < 1.29 is 13.2 Å². The lowest BCUT2D eigenvalue weighted by atomic mass is 10.2. The molecular formula is C12H26N2O3S. The maximum absolute atomic E-state index is 11.6. The summed E-state index contributed by atoms with van der Waals surface area (Å²) in [6.45, 7) is 3.00. The SMILES string of the molecule is CN(C)CCOCCNC1CCCC1S(C)(=O)=O. The van der Waals surface area contributed by atoms with Crippen LogP contribution >= 0.6 is 0 Å². The van der Waals surface area contributed by atoms with E-state index in [1.165, 1.54) is 6.26 Å². The van der Waals surface area contributed by atoms with Crippen LogP contribution < -0.4 is 5.32 Å². The third kappa shape index (κ3) is 5.65. The molecule has 0 aliphatic heterocycles. The Bertz CT molecular complexity index is 330. The first kappa shape index (κ1) is 15.9. The monoisotopic (exact) mass is 278 g/mol. The van der Waals surface area contributed by atoms with Gasteiger partial charge in [-0.05, 0) is 26.9 Å². The van der Waals surface area contributed by atoms with E-state index >= 15 is 0 Å². The molecule has 2 atom stereocenters. The van der Waals surface area contributed by atoms with Gasteiger partial charge in [-0.1, -0.05) is 6.42 Å². The van der Waals surface area contributed by atoms with Crippen molar-refractivity contribution in [3.8, 4) is 0 Å². The molecule has 0 heterocycles. The van der Waals surface area contributed by atoms with Crippen molar-refractivity contribution in [3.63, 3.8) is 0 Å². The second-order valence-corrected chi connectivity index (χ2v) is 7.54. The molecule has 18 heavy (non-hydrogen) atoms. The van der Waals surface area contributed by atoms with E-state index in [1.54, 1.807) is 0 Å². The third-order valence-electron chi connectivity index (χ3n) is 3.34. The number of nitrogens with zero attached hydrogens (tertiary/aromatic N) is 1. The summed E-state index contributed by atoms with van der Waals surface area (Å²) in [5.74, 6) is 0. The van der Waals surface area contributed by atoms with Crippen LogP contribution in [0, 0.1) is 0 Å². The maximum atomic E-state index is 11.6. The van der Waals surface area contributed by atoms with Crippen molar-refractivity contribution in [1.29, 1.82) is 0 Å². The summed E-state index contributed by atoms with van der Waals surface area (Å²) in [7, 11) is 1.10. The Kier molecular flexibility index (Phi) is 6.55. The lowest BCUT2D eigenvalue weighted by Crippen LogP contribution is -2.41. The Morgan fingerprint density at radius 3 is 2.61 bits per heavy atom. The number of sulfone groups is 1. The molecule has 6 heteroatoms. The molecule has 0 bridgehead atoms. The van der Waals surface area contributed by atoms with Crippen molar-refractivity contribution in [3.05, 3.63) is 0 Å². The Hall–Kier alpha value is -0.170. The zero-order chi connectivity index (χ0) is 13.6. The summed E-state index contributed by atoms with van der Waals surface area (Å²) in [6, 6.07) is 0.109. The van der Waals surface area contributed by atoms with Crippen LogP contribution in [0.1, 0.15) is 19.3 Å². The fourth-order valence-electron chi connectivity index (χ4n) is 2.34. The standard InChI is InChI=1S/C12H26N2O3S/c1-14(2)8-10-17-9-7-13-11-5-4-6-12(11)18(3,15)16/h11-13H,4-10H2,1-3H3. The van der Waals surface area contributed by atoms with Gasteiger partial charge in [0.1, 0.15) is 0 Å². The second-order valence-electron chi connectivity index (χ2n) is 5.28. The molecule has 108 valence electrons. The van der Waals surface area contributed by atoms with Crippen LogP contribution in [0.25, 0.3) is 0 Å². The maximum Gasteiger partial charge on any atom is 0.151 e. The molecule has 0 radical (unpaired) electrons. The summed E-state index contributed by atoms with van der Waals surface area (Å²) in [5, 5.41) is 3.10. The van der Waals surface area contributed by atoms with E-state index in [2.05, 4.69) is 10.2 Å². The van der Waals surface area contributed by atoms with Crippen LogP contribution in [0.4, 0.5) is 0 Å². The molecule has 1 aliphatic carbocycles. The second kappa shape index (κ2) is 7.43. The molecule has 1 rings (SSSR count). The summed E-state index contributed by atoms with van der Waals surface area (Å²) >= 11 is 0. The summed E-state index contributed by atoms with van der Waals surface area (Å²) < 4.78 is 28.6. The van der Waals surface area contributed by atoms with Crippen LogP contribution in [0.15, 0.2) is 0 Å². The molecule has 5 nitrogen and oxygen atoms in total. The molecule has 0 aromatic heterocycles. The van der Waals surface area contributed by atoms with Crippen LogP contribution in [0.5, 0.6) is 0 Å². The first-order valence-corrected chi connectivity index (χ1v) is 8.51. The smallest absolute Gasteiger partial charge is 0.151 e. The fraction of sp³-hybridized carbons (Fsp3) is 1.00. The average molecular weight is 278 g/mol. The van der Waals surface area contributed by atoms with E-state index in [-0.39, 0.29) is 11.3 Å². The van der Waals surface area contributed by atoms with Crippen LogP contribution in [0.2, 0.25) is 0 Å². The van der Waals surface area contributed by atoms with Crippen molar-refractivity contribution in [2.45, 2.75) is 30.6 Å². The van der Waals surface area contributed by atoms with E-state index < -0.39 is 9.84 Å². The van der Waals surface area contributed by atoms with E-state index in [9.17, 15) is 8.42 Å². The zero-order valence-corrected chi connectivity index (χ0v) is 12.5. The molecule has 0 saturated heterocycles. The minimum Gasteiger partial charge on any atom is -0.379 e. The number of rotatable bonds is 8. The van der Waals surface area contributed by atoms with E-state index in [1.807, 2.05) is 14.1 Å². The highest BCUT2D eigenvalue weighted by Gasteiger charge is 2.34. The molecule has 0 spiro atoms. The lowest BCUT2D eigenvalue weighted by molar-refractivity contribution is 0.117. The Morgan fingerprint density at radius 2 is 2.00 bits per heavy atom. The number of hydrogen-bond donors (Lipinski definition) is 1. The molecule has 1 saturated carbocycles. The van der Waals surface area contributed by atoms with Crippen molar-refractivity contribution in [2.24, 2.45) is 0 Å². The molecule has 1 aliphatic rings. The highest BCUT2D eigenvalue weighted by molar-refractivity contribution is 7.91. The van der Waals surface area contributed by atoms with Gasteiger partial charge in [0.25, 0.3) is 0 Å². The van der Waals surface area contributed by atoms with Gasteiger partial charge in [0, 0.05) is 25.4 Å². The number of likely N-dealkylation sites (N-methyl/N-ethyl adjacent to an activating group) is 1. The van der Waals surface area contributed by atoms with Gasteiger partial charge in [-0.15, -0.1) is 0 Å². The Morgan fingerprint density at radius 1 is 1.28 bits per heavy atom. The molecule has 1 fully saturated rings. The zero-order valence-electron chi connectivity index (χ0n) is 11.7. The number of ether oxygens (including phenoxy) is 1. The first-order valence-electron chi connectivity index (χ1n) is 6.56. The van der Waals surface area contributed by atoms with Gasteiger partial charge < -0.3 is 15.0 Å². The molecule has 1 N–H and O–H groups in total. The Balaban J connectivity index is 2.15. The average Bonchev–Trinajstić information content (AvgIpc) is 2.70. The van der Waals surface area contributed by atoms with Gasteiger partial charge in [-0.2, -0.15) is 0 Å². The Labute approximate surface area is 111 Å². The highest BCUT2D eigenvalue weighted by atomic mass is 32.2. The highest BCUT2D eigenvalue weighted by Crippen LogP contribution is 2.24. The van der Waals surface area contributed by atoms with E-state index in [0.29, 0.717) is 6.61 Å². The summed E-state index contributed by atoms with van der Waals surface area (Å²) in [4.78, 5) is 2.07. The molecule has 0 aromatic rings. The summed E-state index contributed by atoms with van der Waals surface area (Å²) in [5.41, 5.74) is 0. The van der Waals surface area contributed by atoms with Gasteiger partial charge >= 0.3 is 0 Å². The predicted molar refractivity (Wildman–Crippen MR) is 73.6 cm³/mol. The van der Waals surface area contributed by atoms with Crippen LogP contribution in [0.3, 0.4) is 0 Å². The quantitative estimate of drug-likeness (QED) is 0.639. The molecule has 0 aromatic carbocycles. The van der Waals surface area contributed by atoms with Crippen LogP contribution in [-0.2, 0) is 14.6 Å². The van der Waals surface area contributed by atoms with Gasteiger partial charge in [0.2, 0.25) is 0 Å². The van der Waals surface area contributed by atoms with Gasteiger partial charge in [0.15, 0.2) is 9.84 Å².